The molecule has 1 aliphatic rings. The number of hydrogen-bond acceptors (Lipinski definition) is 4. The fourth-order valence-corrected chi connectivity index (χ4v) is 2.77. The van der Waals surface area contributed by atoms with Crippen LogP contribution in [0.4, 0.5) is 0 Å². The van der Waals surface area contributed by atoms with E-state index in [4.69, 9.17) is 4.74 Å². The molecule has 1 aromatic heterocycles. The normalized spacial score (nSPS) is 21.5. The first-order valence-electron chi connectivity index (χ1n) is 6.91. The number of ether oxygens (including phenoxy) is 1. The van der Waals surface area contributed by atoms with E-state index in [9.17, 15) is 9.59 Å². The molecular weight excluding hydrogens is 268 g/mol. The Morgan fingerprint density at radius 3 is 2.67 bits per heavy atom. The van der Waals surface area contributed by atoms with Gasteiger partial charge in [0, 0.05) is 37.7 Å². The predicted molar refractivity (Wildman–Crippen MR) is 75.8 cm³/mol. The number of hydrogen-bond donors (Lipinski definition) is 0. The number of nitrogens with zero attached hydrogens (tertiary/aromatic N) is 2. The van der Waals surface area contributed by atoms with E-state index in [0.717, 1.165) is 5.69 Å². The minimum Gasteiger partial charge on any atom is -0.458 e. The molecule has 2 atom stereocenters. The van der Waals surface area contributed by atoms with Gasteiger partial charge in [0.15, 0.2) is 0 Å². The van der Waals surface area contributed by atoms with Gasteiger partial charge in [0.25, 0.3) is 0 Å². The molecule has 0 bridgehead atoms. The van der Waals surface area contributed by atoms with E-state index in [0.29, 0.717) is 12.0 Å². The van der Waals surface area contributed by atoms with Crippen LogP contribution < -0.4 is 0 Å². The summed E-state index contributed by atoms with van der Waals surface area (Å²) in [6.45, 7) is 0. The maximum atomic E-state index is 12.2. The van der Waals surface area contributed by atoms with E-state index in [-0.39, 0.29) is 24.1 Å². The topological polar surface area (TPSA) is 61.2 Å². The average Bonchev–Trinajstić information content (AvgIpc) is 3.05. The number of carbonyl (C=O) groups excluding carboxylic acids is 2. The Kier molecular flexibility index (Phi) is 3.56. The molecular formula is C16H16N2O3. The molecule has 0 aliphatic heterocycles. The van der Waals surface area contributed by atoms with E-state index in [1.54, 1.807) is 35.1 Å². The van der Waals surface area contributed by atoms with E-state index >= 15 is 0 Å². The van der Waals surface area contributed by atoms with Crippen LogP contribution in [-0.4, -0.2) is 27.6 Å². The lowest BCUT2D eigenvalue weighted by atomic mass is 10.0. The number of aromatic nitrogens is 2. The largest absolute Gasteiger partial charge is 0.458 e. The van der Waals surface area contributed by atoms with Crippen LogP contribution >= 0.6 is 0 Å². The van der Waals surface area contributed by atoms with E-state index in [1.807, 2.05) is 19.2 Å². The highest BCUT2D eigenvalue weighted by atomic mass is 16.5. The molecule has 21 heavy (non-hydrogen) atoms. The third kappa shape index (κ3) is 2.72. The van der Waals surface area contributed by atoms with Crippen molar-refractivity contribution in [1.29, 1.82) is 0 Å². The quantitative estimate of drug-likeness (QED) is 0.810. The number of rotatable bonds is 3. The van der Waals surface area contributed by atoms with E-state index in [2.05, 4.69) is 5.10 Å². The molecule has 2 aromatic rings. The molecule has 5 nitrogen and oxygen atoms in total. The monoisotopic (exact) mass is 284 g/mol. The molecule has 0 amide bonds. The van der Waals surface area contributed by atoms with Crippen LogP contribution in [0.5, 0.6) is 0 Å². The Morgan fingerprint density at radius 1 is 1.24 bits per heavy atom. The Hall–Kier alpha value is -2.43. The maximum absolute atomic E-state index is 12.2. The Balaban J connectivity index is 1.79. The molecule has 0 saturated heterocycles. The number of benzene rings is 1. The highest BCUT2D eigenvalue weighted by molar-refractivity contribution is 5.90. The molecule has 3 rings (SSSR count). The summed E-state index contributed by atoms with van der Waals surface area (Å²) < 4.78 is 7.29. The molecule has 1 aliphatic carbocycles. The molecule has 1 aromatic carbocycles. The summed E-state index contributed by atoms with van der Waals surface area (Å²) in [4.78, 5) is 23.9. The maximum Gasteiger partial charge on any atom is 0.338 e. The van der Waals surface area contributed by atoms with E-state index in [1.165, 1.54) is 0 Å². The van der Waals surface area contributed by atoms with Crippen LogP contribution in [0.1, 0.15) is 34.8 Å². The van der Waals surface area contributed by atoms with Gasteiger partial charge in [-0.1, -0.05) is 18.2 Å². The standard InChI is InChI=1S/C16H16N2O3/c1-18-14(7-8-17-18)13-9-12(19)10-15(13)21-16(20)11-5-3-2-4-6-11/h2-8,13,15H,9-10H2,1H3/t13-,15?/m1/s1. The molecule has 0 spiro atoms. The second-order valence-electron chi connectivity index (χ2n) is 5.24. The average molecular weight is 284 g/mol. The van der Waals surface area contributed by atoms with Crippen molar-refractivity contribution < 1.29 is 14.3 Å². The van der Waals surface area contributed by atoms with Gasteiger partial charge in [-0.2, -0.15) is 5.10 Å². The lowest BCUT2D eigenvalue weighted by Crippen LogP contribution is -2.22. The minimum atomic E-state index is -0.416. The number of Topliss-reactive ketones (excluding diaryl/α,β-unsaturated/α-hetero) is 1. The van der Waals surface area contributed by atoms with Crippen molar-refractivity contribution in [2.45, 2.75) is 24.9 Å². The first-order valence-corrected chi connectivity index (χ1v) is 6.91. The Morgan fingerprint density at radius 2 is 2.00 bits per heavy atom. The third-order valence-corrected chi connectivity index (χ3v) is 3.83. The van der Waals surface area contributed by atoms with Crippen molar-refractivity contribution in [3.8, 4) is 0 Å². The van der Waals surface area contributed by atoms with Crippen molar-refractivity contribution >= 4 is 11.8 Å². The van der Waals surface area contributed by atoms with Crippen LogP contribution in [0.15, 0.2) is 42.6 Å². The SMILES string of the molecule is Cn1nccc1[C@H]1CC(=O)CC1OC(=O)c1ccccc1. The highest BCUT2D eigenvalue weighted by Gasteiger charge is 2.38. The van der Waals surface area contributed by atoms with Gasteiger partial charge in [0.2, 0.25) is 0 Å². The van der Waals surface area contributed by atoms with Crippen LogP contribution in [0.3, 0.4) is 0 Å². The molecule has 1 unspecified atom stereocenters. The van der Waals surface area contributed by atoms with Gasteiger partial charge in [-0.15, -0.1) is 0 Å². The third-order valence-electron chi connectivity index (χ3n) is 3.83. The summed E-state index contributed by atoms with van der Waals surface area (Å²) >= 11 is 0. The first-order chi connectivity index (χ1) is 10.1. The van der Waals surface area contributed by atoms with Gasteiger partial charge >= 0.3 is 5.97 Å². The Bertz CT molecular complexity index is 663. The fourth-order valence-electron chi connectivity index (χ4n) is 2.77. The summed E-state index contributed by atoms with van der Waals surface area (Å²) in [5.41, 5.74) is 1.42. The van der Waals surface area contributed by atoms with Gasteiger partial charge < -0.3 is 4.74 Å². The molecule has 1 heterocycles. The number of esters is 1. The van der Waals surface area contributed by atoms with Gasteiger partial charge in [0.05, 0.1) is 5.56 Å². The molecule has 1 saturated carbocycles. The van der Waals surface area contributed by atoms with Crippen molar-refractivity contribution in [1.82, 2.24) is 9.78 Å². The molecule has 0 N–H and O–H groups in total. The zero-order chi connectivity index (χ0) is 14.8. The fraction of sp³-hybridized carbons (Fsp3) is 0.312. The second kappa shape index (κ2) is 5.52. The minimum absolute atomic E-state index is 0.113. The summed E-state index contributed by atoms with van der Waals surface area (Å²) in [5, 5.41) is 4.12. The van der Waals surface area contributed by atoms with Crippen molar-refractivity contribution in [2.24, 2.45) is 7.05 Å². The summed E-state index contributed by atoms with van der Waals surface area (Å²) in [5.74, 6) is -0.382. The summed E-state index contributed by atoms with van der Waals surface area (Å²) in [7, 11) is 1.83. The van der Waals surface area contributed by atoms with Crippen LogP contribution in [-0.2, 0) is 16.6 Å². The smallest absolute Gasteiger partial charge is 0.338 e. The lowest BCUT2D eigenvalue weighted by molar-refractivity contribution is -0.117. The van der Waals surface area contributed by atoms with Gasteiger partial charge in [-0.05, 0) is 18.2 Å². The van der Waals surface area contributed by atoms with Crippen molar-refractivity contribution in [3.05, 3.63) is 53.9 Å². The van der Waals surface area contributed by atoms with E-state index < -0.39 is 6.10 Å². The molecule has 5 heteroatoms. The predicted octanol–water partition coefficient (Wildman–Crippen LogP) is 2.09. The number of aryl methyl sites for hydroxylation is 1. The second-order valence-corrected chi connectivity index (χ2v) is 5.24. The highest BCUT2D eigenvalue weighted by Crippen LogP contribution is 2.34. The van der Waals surface area contributed by atoms with Crippen molar-refractivity contribution in [2.75, 3.05) is 0 Å². The number of carbonyl (C=O) groups is 2. The van der Waals surface area contributed by atoms with Crippen LogP contribution in [0, 0.1) is 0 Å². The van der Waals surface area contributed by atoms with Crippen molar-refractivity contribution in [3.63, 3.8) is 0 Å². The van der Waals surface area contributed by atoms with Gasteiger partial charge in [-0.25, -0.2) is 4.79 Å². The molecule has 1 fully saturated rings. The zero-order valence-electron chi connectivity index (χ0n) is 11.7. The van der Waals surface area contributed by atoms with Crippen LogP contribution in [0.25, 0.3) is 0 Å². The van der Waals surface area contributed by atoms with Gasteiger partial charge in [-0.3, -0.25) is 9.48 Å². The molecule has 108 valence electrons. The summed E-state index contributed by atoms with van der Waals surface area (Å²) in [6, 6.07) is 10.7. The first kappa shape index (κ1) is 13.5. The molecule has 0 radical (unpaired) electrons. The lowest BCUT2D eigenvalue weighted by Gasteiger charge is -2.19. The zero-order valence-corrected chi connectivity index (χ0v) is 11.7. The Labute approximate surface area is 122 Å². The summed E-state index contributed by atoms with van der Waals surface area (Å²) in [6.07, 6.45) is 1.94. The van der Waals surface area contributed by atoms with Crippen LogP contribution in [0.2, 0.25) is 0 Å². The number of ketones is 1. The van der Waals surface area contributed by atoms with Gasteiger partial charge in [0.1, 0.15) is 11.9 Å².